The van der Waals surface area contributed by atoms with Gasteiger partial charge < -0.3 is 10.6 Å². The zero-order valence-corrected chi connectivity index (χ0v) is 20.0. The van der Waals surface area contributed by atoms with Crippen LogP contribution in [0.15, 0.2) is 35.5 Å². The van der Waals surface area contributed by atoms with Crippen LogP contribution in [-0.4, -0.2) is 51.8 Å². The van der Waals surface area contributed by atoms with E-state index in [-0.39, 0.29) is 29.7 Å². The van der Waals surface area contributed by atoms with Crippen molar-refractivity contribution in [3.05, 3.63) is 45.9 Å². The highest BCUT2D eigenvalue weighted by Crippen LogP contribution is 2.29. The fraction of sp³-hybridized carbons (Fsp3) is 0.444. The maximum absolute atomic E-state index is 12.7. The number of thiazole rings is 1. The summed E-state index contributed by atoms with van der Waals surface area (Å²) in [6, 6.07) is 7.67. The van der Waals surface area contributed by atoms with E-state index < -0.39 is 10.0 Å². The second kappa shape index (κ2) is 10.4. The number of para-hydroxylation sites is 1. The molecule has 1 aromatic carbocycles. The molecule has 1 aromatic heterocycles. The first kappa shape index (κ1) is 22.9. The Morgan fingerprint density at radius 3 is 2.75 bits per heavy atom. The Balaban J connectivity index is 0.00000280. The van der Waals surface area contributed by atoms with Gasteiger partial charge in [-0.1, -0.05) is 18.2 Å². The number of sulfonamides is 1. The van der Waals surface area contributed by atoms with Crippen LogP contribution in [0, 0.1) is 6.92 Å². The Kier molecular flexibility index (Phi) is 8.50. The van der Waals surface area contributed by atoms with Crippen molar-refractivity contribution in [1.29, 1.82) is 0 Å². The van der Waals surface area contributed by atoms with Gasteiger partial charge >= 0.3 is 0 Å². The molecule has 7 nitrogen and oxygen atoms in total. The van der Waals surface area contributed by atoms with Crippen molar-refractivity contribution in [2.24, 2.45) is 4.99 Å². The maximum atomic E-state index is 12.7. The number of hydrogen-bond acceptors (Lipinski definition) is 5. The first-order valence-electron chi connectivity index (χ1n) is 8.94. The van der Waals surface area contributed by atoms with Crippen molar-refractivity contribution in [2.75, 3.05) is 36.7 Å². The van der Waals surface area contributed by atoms with E-state index in [1.807, 2.05) is 37.4 Å². The van der Waals surface area contributed by atoms with Crippen LogP contribution in [0.25, 0.3) is 0 Å². The zero-order chi connectivity index (χ0) is 19.3. The number of aryl methyl sites for hydroxylation is 1. The molecule has 10 heteroatoms. The summed E-state index contributed by atoms with van der Waals surface area (Å²) in [6.45, 7) is 3.55. The lowest BCUT2D eigenvalue weighted by molar-refractivity contribution is 0.591. The number of aliphatic imine (C=N–C) groups is 1. The maximum Gasteiger partial charge on any atom is 0.236 e. The van der Waals surface area contributed by atoms with Crippen molar-refractivity contribution in [1.82, 2.24) is 15.6 Å². The lowest BCUT2D eigenvalue weighted by atomic mass is 10.2. The SMILES string of the molecule is CN=C(NCCc1ncc(C)s1)NCCS(=O)(=O)N1CCc2ccccc21.I. The fourth-order valence-electron chi connectivity index (χ4n) is 3.03. The molecule has 0 aliphatic carbocycles. The summed E-state index contributed by atoms with van der Waals surface area (Å²) in [5, 5.41) is 7.35. The second-order valence-electron chi connectivity index (χ2n) is 6.31. The van der Waals surface area contributed by atoms with Crippen LogP contribution in [-0.2, 0) is 22.9 Å². The molecular weight excluding hydrogens is 509 g/mol. The molecule has 154 valence electrons. The van der Waals surface area contributed by atoms with E-state index in [1.54, 1.807) is 18.4 Å². The number of nitrogens with zero attached hydrogens (tertiary/aromatic N) is 3. The van der Waals surface area contributed by atoms with Gasteiger partial charge in [0.1, 0.15) is 0 Å². The predicted molar refractivity (Wildman–Crippen MR) is 127 cm³/mol. The fourth-order valence-corrected chi connectivity index (χ4v) is 5.25. The highest BCUT2D eigenvalue weighted by molar-refractivity contribution is 14.0. The van der Waals surface area contributed by atoms with E-state index in [4.69, 9.17) is 0 Å². The highest BCUT2D eigenvalue weighted by atomic mass is 127. The van der Waals surface area contributed by atoms with Crippen molar-refractivity contribution < 1.29 is 8.42 Å². The smallest absolute Gasteiger partial charge is 0.236 e. The third-order valence-corrected chi connectivity index (χ3v) is 7.10. The summed E-state index contributed by atoms with van der Waals surface area (Å²) in [6.07, 6.45) is 3.44. The van der Waals surface area contributed by atoms with Crippen LogP contribution in [0.1, 0.15) is 15.4 Å². The largest absolute Gasteiger partial charge is 0.356 e. The summed E-state index contributed by atoms with van der Waals surface area (Å²) < 4.78 is 26.9. The summed E-state index contributed by atoms with van der Waals surface area (Å²) in [4.78, 5) is 9.67. The molecule has 0 saturated heterocycles. The van der Waals surface area contributed by atoms with Gasteiger partial charge in [-0.25, -0.2) is 13.4 Å². The Morgan fingerprint density at radius 1 is 1.29 bits per heavy atom. The van der Waals surface area contributed by atoms with E-state index >= 15 is 0 Å². The molecular formula is C18H26IN5O2S2. The molecule has 3 rings (SSSR count). The molecule has 2 aromatic rings. The first-order valence-corrected chi connectivity index (χ1v) is 11.4. The average molecular weight is 535 g/mol. The van der Waals surface area contributed by atoms with E-state index in [0.29, 0.717) is 25.6 Å². The number of hydrogen-bond donors (Lipinski definition) is 2. The minimum absolute atomic E-state index is 0. The molecule has 0 saturated carbocycles. The van der Waals surface area contributed by atoms with Gasteiger partial charge in [-0.15, -0.1) is 35.3 Å². The van der Waals surface area contributed by atoms with Gasteiger partial charge in [0.25, 0.3) is 0 Å². The van der Waals surface area contributed by atoms with E-state index in [1.165, 1.54) is 9.18 Å². The third kappa shape index (κ3) is 5.80. The van der Waals surface area contributed by atoms with Gasteiger partial charge in [0, 0.05) is 44.2 Å². The van der Waals surface area contributed by atoms with Crippen LogP contribution < -0.4 is 14.9 Å². The van der Waals surface area contributed by atoms with Crippen LogP contribution >= 0.6 is 35.3 Å². The molecule has 0 unspecified atom stereocenters. The van der Waals surface area contributed by atoms with Crippen molar-refractivity contribution in [3.63, 3.8) is 0 Å². The standard InChI is InChI=1S/C18H25N5O2S2.HI/c1-14-13-22-17(26-14)7-9-20-18(19-2)21-10-12-27(24,25)23-11-8-15-5-3-4-6-16(15)23;/h3-6,13H,7-12H2,1-2H3,(H2,19,20,21);1H. The minimum atomic E-state index is -3.36. The Labute approximate surface area is 187 Å². The summed E-state index contributed by atoms with van der Waals surface area (Å²) in [7, 11) is -1.68. The number of nitrogens with one attached hydrogen (secondary N) is 2. The van der Waals surface area contributed by atoms with Crippen LogP contribution in [0.5, 0.6) is 0 Å². The van der Waals surface area contributed by atoms with E-state index in [9.17, 15) is 8.42 Å². The molecule has 1 aliphatic heterocycles. The molecule has 2 N–H and O–H groups in total. The molecule has 0 bridgehead atoms. The molecule has 0 amide bonds. The molecule has 1 aliphatic rings. The summed E-state index contributed by atoms with van der Waals surface area (Å²) in [5.74, 6) is 0.619. The van der Waals surface area contributed by atoms with Crippen LogP contribution in [0.2, 0.25) is 0 Å². The topological polar surface area (TPSA) is 86.7 Å². The van der Waals surface area contributed by atoms with Crippen molar-refractivity contribution >= 4 is 57.0 Å². The zero-order valence-electron chi connectivity index (χ0n) is 16.0. The Bertz CT molecular complexity index is 914. The minimum Gasteiger partial charge on any atom is -0.356 e. The molecule has 0 radical (unpaired) electrons. The second-order valence-corrected chi connectivity index (χ2v) is 9.64. The first-order chi connectivity index (χ1) is 13.0. The van der Waals surface area contributed by atoms with Gasteiger partial charge in [-0.05, 0) is 25.0 Å². The number of aromatic nitrogens is 1. The molecule has 0 spiro atoms. The lowest BCUT2D eigenvalue weighted by Gasteiger charge is -2.20. The molecule has 0 fully saturated rings. The highest BCUT2D eigenvalue weighted by Gasteiger charge is 2.28. The Hall–Kier alpha value is -1.40. The quantitative estimate of drug-likeness (QED) is 0.323. The number of benzene rings is 1. The van der Waals surface area contributed by atoms with Crippen LogP contribution in [0.3, 0.4) is 0 Å². The van der Waals surface area contributed by atoms with E-state index in [2.05, 4.69) is 20.6 Å². The van der Waals surface area contributed by atoms with Crippen LogP contribution in [0.4, 0.5) is 5.69 Å². The average Bonchev–Trinajstić information content (AvgIpc) is 3.26. The van der Waals surface area contributed by atoms with Gasteiger partial charge in [0.05, 0.1) is 16.4 Å². The van der Waals surface area contributed by atoms with Gasteiger partial charge in [-0.3, -0.25) is 9.30 Å². The van der Waals surface area contributed by atoms with Gasteiger partial charge in [-0.2, -0.15) is 0 Å². The lowest BCUT2D eigenvalue weighted by Crippen LogP contribution is -2.42. The molecule has 2 heterocycles. The van der Waals surface area contributed by atoms with Crippen molar-refractivity contribution in [3.8, 4) is 0 Å². The number of fused-ring (bicyclic) bond motifs is 1. The number of rotatable bonds is 7. The Morgan fingerprint density at radius 2 is 2.04 bits per heavy atom. The number of halogens is 1. The van der Waals surface area contributed by atoms with Gasteiger partial charge in [0.2, 0.25) is 10.0 Å². The third-order valence-electron chi connectivity index (χ3n) is 4.36. The predicted octanol–water partition coefficient (Wildman–Crippen LogP) is 2.17. The molecule has 0 atom stereocenters. The van der Waals surface area contributed by atoms with Crippen molar-refractivity contribution in [2.45, 2.75) is 19.8 Å². The number of anilines is 1. The van der Waals surface area contributed by atoms with Gasteiger partial charge in [0.15, 0.2) is 5.96 Å². The van der Waals surface area contributed by atoms with E-state index in [0.717, 1.165) is 29.1 Å². The monoisotopic (exact) mass is 535 g/mol. The number of guanidine groups is 1. The summed E-state index contributed by atoms with van der Waals surface area (Å²) >= 11 is 1.68. The normalized spacial score (nSPS) is 13.8. The molecule has 28 heavy (non-hydrogen) atoms. The summed E-state index contributed by atoms with van der Waals surface area (Å²) in [5.41, 5.74) is 1.89.